The van der Waals surface area contributed by atoms with Crippen LogP contribution >= 0.6 is 0 Å². The Kier molecular flexibility index (Phi) is 5.14. The van der Waals surface area contributed by atoms with Gasteiger partial charge in [0.15, 0.2) is 0 Å². The number of hydrogen-bond acceptors (Lipinski definition) is 5. The van der Waals surface area contributed by atoms with Crippen LogP contribution in [-0.2, 0) is 10.9 Å². The zero-order chi connectivity index (χ0) is 20.6. The topological polar surface area (TPSA) is 47.5 Å². The highest BCUT2D eigenvalue weighted by Crippen LogP contribution is 2.57. The van der Waals surface area contributed by atoms with Gasteiger partial charge in [-0.3, -0.25) is 4.98 Å². The lowest BCUT2D eigenvalue weighted by Gasteiger charge is -2.61. The molecular weight excluding hydrogens is 383 g/mol. The third-order valence-electron chi connectivity index (χ3n) is 6.19. The summed E-state index contributed by atoms with van der Waals surface area (Å²) in [4.78, 5) is 9.92. The van der Waals surface area contributed by atoms with Crippen LogP contribution in [0.4, 0.5) is 18.9 Å². The maximum atomic E-state index is 12.7. The molecule has 2 fully saturated rings. The van der Waals surface area contributed by atoms with Gasteiger partial charge in [-0.05, 0) is 37.0 Å². The fourth-order valence-corrected chi connectivity index (χ4v) is 4.80. The normalized spacial score (nSPS) is 19.6. The van der Waals surface area contributed by atoms with E-state index in [4.69, 9.17) is 9.47 Å². The van der Waals surface area contributed by atoms with Crippen molar-refractivity contribution in [2.75, 3.05) is 38.8 Å². The zero-order valence-corrected chi connectivity index (χ0v) is 16.4. The lowest BCUT2D eigenvalue weighted by Crippen LogP contribution is -2.63. The maximum Gasteiger partial charge on any atom is 0.433 e. The molecule has 1 saturated heterocycles. The van der Waals surface area contributed by atoms with Gasteiger partial charge in [0.25, 0.3) is 0 Å². The molecule has 1 aliphatic carbocycles. The average molecular weight is 407 g/mol. The summed E-state index contributed by atoms with van der Waals surface area (Å²) in [7, 11) is 3.36. The lowest BCUT2D eigenvalue weighted by molar-refractivity contribution is -0.141. The van der Waals surface area contributed by atoms with Crippen LogP contribution in [-0.4, -0.2) is 43.9 Å². The molecule has 2 aliphatic rings. The van der Waals surface area contributed by atoms with Crippen molar-refractivity contribution < 1.29 is 22.6 Å². The summed E-state index contributed by atoms with van der Waals surface area (Å²) in [6.45, 7) is 2.30. The Hall–Kier alpha value is -2.35. The van der Waals surface area contributed by atoms with Gasteiger partial charge in [-0.1, -0.05) is 0 Å². The van der Waals surface area contributed by atoms with Crippen LogP contribution in [0.1, 0.15) is 30.0 Å². The first-order chi connectivity index (χ1) is 13.8. The molecule has 3 heterocycles. The van der Waals surface area contributed by atoms with Gasteiger partial charge < -0.3 is 14.4 Å². The average Bonchev–Trinajstić information content (AvgIpc) is 2.64. The van der Waals surface area contributed by atoms with Gasteiger partial charge in [0, 0.05) is 49.5 Å². The summed E-state index contributed by atoms with van der Waals surface area (Å²) in [5, 5.41) is 0. The summed E-state index contributed by atoms with van der Waals surface area (Å²) in [5.41, 5.74) is 1.19. The second kappa shape index (κ2) is 7.48. The van der Waals surface area contributed by atoms with E-state index in [2.05, 4.69) is 14.9 Å². The molecule has 1 unspecified atom stereocenters. The van der Waals surface area contributed by atoms with Gasteiger partial charge in [0.2, 0.25) is 0 Å². The van der Waals surface area contributed by atoms with E-state index < -0.39 is 11.9 Å². The number of methoxy groups -OCH3 is 2. The second-order valence-corrected chi connectivity index (χ2v) is 8.10. The summed E-state index contributed by atoms with van der Waals surface area (Å²) in [6, 6.07) is 4.43. The lowest BCUT2D eigenvalue weighted by atomic mass is 9.54. The number of alkyl halides is 3. The Balaban J connectivity index is 1.38. The molecule has 1 aliphatic heterocycles. The van der Waals surface area contributed by atoms with Crippen molar-refractivity contribution in [2.45, 2.75) is 24.9 Å². The van der Waals surface area contributed by atoms with Crippen LogP contribution in [0.25, 0.3) is 0 Å². The predicted octanol–water partition coefficient (Wildman–Crippen LogP) is 4.15. The number of pyridine rings is 2. The minimum absolute atomic E-state index is 0.219. The van der Waals surface area contributed by atoms with Gasteiger partial charge in [-0.15, -0.1) is 0 Å². The van der Waals surface area contributed by atoms with E-state index in [-0.39, 0.29) is 11.3 Å². The van der Waals surface area contributed by atoms with Crippen molar-refractivity contribution >= 4 is 5.69 Å². The third-order valence-corrected chi connectivity index (χ3v) is 6.19. The van der Waals surface area contributed by atoms with Crippen LogP contribution in [0.5, 0.6) is 5.75 Å². The monoisotopic (exact) mass is 407 g/mol. The number of halogens is 3. The van der Waals surface area contributed by atoms with Gasteiger partial charge in [-0.25, -0.2) is 4.98 Å². The summed E-state index contributed by atoms with van der Waals surface area (Å²) >= 11 is 0. The standard InChI is InChI=1S/C21H24F3N3O2/c1-28-11-17(16-10-25-6-5-18(16)29-2)14-7-20(8-14)12-27(13-20)15-3-4-19(26-9-15)21(22,23)24/h3-6,9-10,14,17H,7-8,11-13H2,1-2H3. The molecule has 0 amide bonds. The molecule has 1 spiro atoms. The van der Waals surface area contributed by atoms with Crippen LogP contribution in [0.15, 0.2) is 36.8 Å². The number of anilines is 1. The molecule has 2 aromatic heterocycles. The Morgan fingerprint density at radius 2 is 1.93 bits per heavy atom. The van der Waals surface area contributed by atoms with Crippen molar-refractivity contribution in [2.24, 2.45) is 11.3 Å². The smallest absolute Gasteiger partial charge is 0.433 e. The minimum Gasteiger partial charge on any atom is -0.496 e. The van der Waals surface area contributed by atoms with E-state index in [9.17, 15) is 13.2 Å². The molecule has 0 bridgehead atoms. The highest BCUT2D eigenvalue weighted by Gasteiger charge is 2.54. The number of hydrogen-bond donors (Lipinski definition) is 0. The highest BCUT2D eigenvalue weighted by molar-refractivity contribution is 5.49. The van der Waals surface area contributed by atoms with Crippen molar-refractivity contribution in [1.82, 2.24) is 9.97 Å². The number of ether oxygens (including phenoxy) is 2. The fourth-order valence-electron chi connectivity index (χ4n) is 4.80. The van der Waals surface area contributed by atoms with Gasteiger partial charge >= 0.3 is 6.18 Å². The van der Waals surface area contributed by atoms with E-state index in [1.54, 1.807) is 20.4 Å². The highest BCUT2D eigenvalue weighted by atomic mass is 19.4. The summed E-state index contributed by atoms with van der Waals surface area (Å²) < 4.78 is 49.0. The van der Waals surface area contributed by atoms with Crippen LogP contribution in [0, 0.1) is 11.3 Å². The Morgan fingerprint density at radius 3 is 2.52 bits per heavy atom. The van der Waals surface area contributed by atoms with E-state index in [1.807, 2.05) is 12.3 Å². The molecule has 5 nitrogen and oxygen atoms in total. The molecule has 4 rings (SSSR count). The molecule has 1 atom stereocenters. The fraction of sp³-hybridized carbons (Fsp3) is 0.524. The van der Waals surface area contributed by atoms with Crippen molar-refractivity contribution in [1.29, 1.82) is 0 Å². The SMILES string of the molecule is COCC(c1cnccc1OC)C1CC2(C1)CN(c1ccc(C(F)(F)F)nc1)C2. The quantitative estimate of drug-likeness (QED) is 0.720. The Bertz CT molecular complexity index is 843. The van der Waals surface area contributed by atoms with Crippen LogP contribution in [0.3, 0.4) is 0 Å². The third kappa shape index (κ3) is 3.77. The maximum absolute atomic E-state index is 12.7. The molecular formula is C21H24F3N3O2. The van der Waals surface area contributed by atoms with Gasteiger partial charge in [-0.2, -0.15) is 13.2 Å². The largest absolute Gasteiger partial charge is 0.496 e. The van der Waals surface area contributed by atoms with Gasteiger partial charge in [0.05, 0.1) is 25.6 Å². The van der Waals surface area contributed by atoms with E-state index in [0.29, 0.717) is 12.5 Å². The molecule has 2 aromatic rings. The first-order valence-corrected chi connectivity index (χ1v) is 9.60. The molecule has 29 heavy (non-hydrogen) atoms. The molecule has 0 radical (unpaired) electrons. The first kappa shape index (κ1) is 19.9. The minimum atomic E-state index is -4.40. The van der Waals surface area contributed by atoms with E-state index in [1.165, 1.54) is 12.3 Å². The van der Waals surface area contributed by atoms with Crippen LogP contribution in [0.2, 0.25) is 0 Å². The summed E-state index contributed by atoms with van der Waals surface area (Å²) in [5.74, 6) is 1.52. The molecule has 8 heteroatoms. The Morgan fingerprint density at radius 1 is 1.17 bits per heavy atom. The second-order valence-electron chi connectivity index (χ2n) is 8.10. The molecule has 0 N–H and O–H groups in total. The predicted molar refractivity (Wildman–Crippen MR) is 102 cm³/mol. The number of rotatable bonds is 6. The zero-order valence-electron chi connectivity index (χ0n) is 16.4. The van der Waals surface area contributed by atoms with E-state index in [0.717, 1.165) is 49.0 Å². The number of nitrogens with zero attached hydrogens (tertiary/aromatic N) is 3. The molecule has 0 aromatic carbocycles. The number of aromatic nitrogens is 2. The van der Waals surface area contributed by atoms with Crippen molar-refractivity contribution in [3.63, 3.8) is 0 Å². The summed E-state index contributed by atoms with van der Waals surface area (Å²) in [6.07, 6.45) is 2.61. The molecule has 156 valence electrons. The molecule has 1 saturated carbocycles. The van der Waals surface area contributed by atoms with Gasteiger partial charge in [0.1, 0.15) is 11.4 Å². The first-order valence-electron chi connectivity index (χ1n) is 9.60. The van der Waals surface area contributed by atoms with Crippen LogP contribution < -0.4 is 9.64 Å². The van der Waals surface area contributed by atoms with Crippen molar-refractivity contribution in [3.05, 3.63) is 48.0 Å². The van der Waals surface area contributed by atoms with E-state index >= 15 is 0 Å². The van der Waals surface area contributed by atoms with Crippen molar-refractivity contribution in [3.8, 4) is 5.75 Å². The Labute approximate surface area is 167 Å².